The topological polar surface area (TPSA) is 99.8 Å². The Labute approximate surface area is 236 Å². The van der Waals surface area contributed by atoms with Crippen molar-refractivity contribution in [2.24, 2.45) is 11.3 Å². The molecule has 1 aliphatic heterocycles. The quantitative estimate of drug-likeness (QED) is 0.359. The number of hydrogen-bond acceptors (Lipinski definition) is 5. The Morgan fingerprint density at radius 2 is 1.74 bits per heavy atom. The van der Waals surface area contributed by atoms with Gasteiger partial charge in [0.15, 0.2) is 0 Å². The first-order valence-electron chi connectivity index (χ1n) is 13.6. The van der Waals surface area contributed by atoms with Crippen molar-refractivity contribution in [1.82, 2.24) is 20.3 Å². The predicted octanol–water partition coefficient (Wildman–Crippen LogP) is 5.54. The van der Waals surface area contributed by atoms with Gasteiger partial charge in [0.2, 0.25) is 5.91 Å². The number of benzene rings is 1. The number of hydrogen-bond donors (Lipinski definition) is 3. The number of alkyl carbamates (subject to hydrolysis) is 1. The van der Waals surface area contributed by atoms with Gasteiger partial charge in [0, 0.05) is 37.3 Å². The number of carbonyl (C=O) groups excluding carboxylic acids is 3. The lowest BCUT2D eigenvalue weighted by atomic mass is 9.63. The van der Waals surface area contributed by atoms with Gasteiger partial charge in [-0.1, -0.05) is 54.9 Å². The van der Waals surface area contributed by atoms with E-state index in [-0.39, 0.29) is 17.4 Å². The van der Waals surface area contributed by atoms with Crippen molar-refractivity contribution in [3.8, 4) is 0 Å². The molecule has 1 heterocycles. The summed E-state index contributed by atoms with van der Waals surface area (Å²) in [5.41, 5.74) is 0.205. The fourth-order valence-electron chi connectivity index (χ4n) is 5.73. The Balaban J connectivity index is 1.72. The summed E-state index contributed by atoms with van der Waals surface area (Å²) in [6.45, 7) is 7.18. The second kappa shape index (κ2) is 13.8. The molecule has 1 saturated heterocycles. The third kappa shape index (κ3) is 8.97. The van der Waals surface area contributed by atoms with E-state index in [2.05, 4.69) is 15.4 Å². The molecule has 0 aromatic heterocycles. The molecule has 38 heavy (non-hydrogen) atoms. The molecular formula is C28H43ClN4O4S. The number of amides is 4. The summed E-state index contributed by atoms with van der Waals surface area (Å²) in [5.74, 6) is 0.420. The van der Waals surface area contributed by atoms with Crippen LogP contribution in [0.4, 0.5) is 9.59 Å². The van der Waals surface area contributed by atoms with E-state index in [0.717, 1.165) is 18.4 Å². The zero-order chi connectivity index (χ0) is 27.8. The summed E-state index contributed by atoms with van der Waals surface area (Å²) in [6.07, 6.45) is 9.24. The molecule has 1 saturated carbocycles. The molecule has 2 fully saturated rings. The first kappa shape index (κ1) is 30.4. The van der Waals surface area contributed by atoms with Crippen LogP contribution in [0.15, 0.2) is 24.3 Å². The highest BCUT2D eigenvalue weighted by Gasteiger charge is 2.43. The van der Waals surface area contributed by atoms with Crippen LogP contribution in [0.1, 0.15) is 71.3 Å². The third-order valence-electron chi connectivity index (χ3n) is 7.68. The van der Waals surface area contributed by atoms with E-state index in [1.807, 2.05) is 23.3 Å². The van der Waals surface area contributed by atoms with Gasteiger partial charge < -0.3 is 20.3 Å². The number of nitrogens with one attached hydrogen (secondary N) is 3. The first-order valence-corrected chi connectivity index (χ1v) is 15.2. The number of likely N-dealkylation sites (tertiary alicyclic amines) is 1. The summed E-state index contributed by atoms with van der Waals surface area (Å²) < 4.78 is 8.21. The molecule has 3 N–H and O–H groups in total. The number of ether oxygens (including phenoxy) is 1. The van der Waals surface area contributed by atoms with Crippen LogP contribution in [-0.2, 0) is 16.0 Å². The van der Waals surface area contributed by atoms with Gasteiger partial charge in [0.1, 0.15) is 11.6 Å². The van der Waals surface area contributed by atoms with Crippen LogP contribution >= 0.6 is 23.5 Å². The predicted molar refractivity (Wildman–Crippen MR) is 153 cm³/mol. The van der Waals surface area contributed by atoms with E-state index in [9.17, 15) is 14.4 Å². The van der Waals surface area contributed by atoms with Crippen molar-refractivity contribution in [3.63, 3.8) is 0 Å². The van der Waals surface area contributed by atoms with Crippen LogP contribution in [0.25, 0.3) is 0 Å². The Kier molecular flexibility index (Phi) is 11.0. The van der Waals surface area contributed by atoms with Crippen LogP contribution in [0.2, 0.25) is 5.02 Å². The molecule has 2 aliphatic rings. The van der Waals surface area contributed by atoms with Crippen LogP contribution in [0.5, 0.6) is 0 Å². The molecule has 0 spiro atoms. The van der Waals surface area contributed by atoms with Gasteiger partial charge in [0.05, 0.1) is 0 Å². The molecule has 212 valence electrons. The van der Waals surface area contributed by atoms with Gasteiger partial charge >= 0.3 is 12.1 Å². The Bertz CT molecular complexity index is 939. The van der Waals surface area contributed by atoms with Crippen molar-refractivity contribution in [2.45, 2.75) is 83.8 Å². The molecule has 4 amide bonds. The molecule has 0 radical (unpaired) electrons. The summed E-state index contributed by atoms with van der Waals surface area (Å²) in [7, 11) is 0. The fraction of sp³-hybridized carbons (Fsp3) is 0.679. The number of rotatable bonds is 8. The van der Waals surface area contributed by atoms with Crippen molar-refractivity contribution in [3.05, 3.63) is 34.9 Å². The summed E-state index contributed by atoms with van der Waals surface area (Å²) in [4.78, 5) is 40.5. The van der Waals surface area contributed by atoms with Crippen molar-refractivity contribution in [2.75, 3.05) is 25.9 Å². The maximum Gasteiger partial charge on any atom is 0.408 e. The molecule has 1 aliphatic carbocycles. The number of halogens is 1. The van der Waals surface area contributed by atoms with E-state index in [1.165, 1.54) is 44.1 Å². The molecule has 1 aromatic carbocycles. The van der Waals surface area contributed by atoms with Crippen LogP contribution < -0.4 is 15.4 Å². The van der Waals surface area contributed by atoms with Gasteiger partial charge in [-0.05, 0) is 75.5 Å². The third-order valence-corrected chi connectivity index (χ3v) is 8.32. The molecule has 8 nitrogen and oxygen atoms in total. The highest BCUT2D eigenvalue weighted by atomic mass is 35.5. The Morgan fingerprint density at radius 1 is 1.11 bits per heavy atom. The molecule has 1 unspecified atom stereocenters. The van der Waals surface area contributed by atoms with Gasteiger partial charge in [-0.3, -0.25) is 9.52 Å². The molecule has 1 atom stereocenters. The highest BCUT2D eigenvalue weighted by molar-refractivity contribution is 7.97. The average Bonchev–Trinajstić information content (AvgIpc) is 2.88. The van der Waals surface area contributed by atoms with Crippen LogP contribution in [-0.4, -0.2) is 60.5 Å². The first-order chi connectivity index (χ1) is 18.0. The van der Waals surface area contributed by atoms with Crippen LogP contribution in [0.3, 0.4) is 0 Å². The monoisotopic (exact) mass is 566 g/mol. The van der Waals surface area contributed by atoms with Gasteiger partial charge in [-0.2, -0.15) is 0 Å². The zero-order valence-corrected chi connectivity index (χ0v) is 24.7. The minimum Gasteiger partial charge on any atom is -0.444 e. The molecule has 1 aromatic rings. The lowest BCUT2D eigenvalue weighted by Gasteiger charge is -2.48. The van der Waals surface area contributed by atoms with Gasteiger partial charge in [-0.25, -0.2) is 9.59 Å². The lowest BCUT2D eigenvalue weighted by molar-refractivity contribution is -0.136. The molecule has 0 bridgehead atoms. The fourth-order valence-corrected chi connectivity index (χ4v) is 6.11. The molecule has 10 heteroatoms. The van der Waals surface area contributed by atoms with E-state index in [4.69, 9.17) is 16.3 Å². The summed E-state index contributed by atoms with van der Waals surface area (Å²) in [5, 5.41) is 6.52. The standard InChI is InChI=1S/C28H43ClN4O4S/c1-27(2,3)37-26(36)31-23(18-20-10-12-22(29)13-11-20)24(34)33-16-14-28(15-17-33,19-30-25(35)32-38-4)21-8-6-5-7-9-21/h10-13,21,23H,5-9,14-19H2,1-4H3,(H,31,36)(H2,30,32,35). The smallest absolute Gasteiger partial charge is 0.408 e. The highest BCUT2D eigenvalue weighted by Crippen LogP contribution is 2.45. The number of nitrogens with zero attached hydrogens (tertiary/aromatic N) is 1. The SMILES string of the molecule is CSNC(=O)NCC1(C2CCCCC2)CCN(C(=O)C(Cc2ccc(Cl)cc2)NC(=O)OC(C)(C)C)CC1. The number of urea groups is 1. The maximum atomic E-state index is 13.8. The summed E-state index contributed by atoms with van der Waals surface area (Å²) >= 11 is 7.33. The Hall–Kier alpha value is -2.13. The molecular weight excluding hydrogens is 524 g/mol. The average molecular weight is 567 g/mol. The second-order valence-electron chi connectivity index (χ2n) is 11.5. The van der Waals surface area contributed by atoms with Crippen molar-refractivity contribution >= 4 is 41.6 Å². The minimum atomic E-state index is -0.751. The van der Waals surface area contributed by atoms with E-state index >= 15 is 0 Å². The van der Waals surface area contributed by atoms with Crippen molar-refractivity contribution in [1.29, 1.82) is 0 Å². The normalized spacial score (nSPS) is 18.8. The van der Waals surface area contributed by atoms with Crippen LogP contribution in [0, 0.1) is 11.3 Å². The Morgan fingerprint density at radius 3 is 2.32 bits per heavy atom. The minimum absolute atomic E-state index is 0.0305. The summed E-state index contributed by atoms with van der Waals surface area (Å²) in [6, 6.07) is 6.38. The maximum absolute atomic E-state index is 13.8. The van der Waals surface area contributed by atoms with E-state index < -0.39 is 17.7 Å². The largest absolute Gasteiger partial charge is 0.444 e. The molecule has 3 rings (SSSR count). The number of piperidine rings is 1. The van der Waals surface area contributed by atoms with E-state index in [1.54, 1.807) is 32.9 Å². The lowest BCUT2D eigenvalue weighted by Crippen LogP contribution is -2.56. The van der Waals surface area contributed by atoms with E-state index in [0.29, 0.717) is 37.0 Å². The number of carbonyl (C=O) groups is 3. The second-order valence-corrected chi connectivity index (χ2v) is 12.6. The van der Waals surface area contributed by atoms with Gasteiger partial charge in [0.25, 0.3) is 0 Å². The zero-order valence-electron chi connectivity index (χ0n) is 23.1. The van der Waals surface area contributed by atoms with Gasteiger partial charge in [-0.15, -0.1) is 0 Å². The van der Waals surface area contributed by atoms with Crippen molar-refractivity contribution < 1.29 is 19.1 Å².